The van der Waals surface area contributed by atoms with Crippen LogP contribution in [0.3, 0.4) is 0 Å². The van der Waals surface area contributed by atoms with Crippen molar-refractivity contribution < 1.29 is 4.79 Å². The van der Waals surface area contributed by atoms with Crippen LogP contribution in [0.5, 0.6) is 0 Å². The van der Waals surface area contributed by atoms with Crippen molar-refractivity contribution in [3.05, 3.63) is 35.4 Å². The van der Waals surface area contributed by atoms with Crippen molar-refractivity contribution in [1.29, 1.82) is 0 Å². The molecule has 3 rings (SSSR count). The maximum absolute atomic E-state index is 12.1. The van der Waals surface area contributed by atoms with E-state index in [9.17, 15) is 4.79 Å². The molecule has 1 saturated carbocycles. The number of nitrogens with zero attached hydrogens (tertiary/aromatic N) is 1. The van der Waals surface area contributed by atoms with Crippen molar-refractivity contribution in [2.24, 2.45) is 5.92 Å². The number of nitrogens with one attached hydrogen (secondary N) is 1. The van der Waals surface area contributed by atoms with E-state index in [-0.39, 0.29) is 11.8 Å². The topological polar surface area (TPSA) is 32.3 Å². The number of hydrogen-bond donors (Lipinski definition) is 1. The van der Waals surface area contributed by atoms with Crippen molar-refractivity contribution >= 4 is 29.1 Å². The highest BCUT2D eigenvalue weighted by molar-refractivity contribution is 6.52. The number of piperidine rings is 1. The molecule has 0 bridgehead atoms. The van der Waals surface area contributed by atoms with Gasteiger partial charge in [0.1, 0.15) is 4.33 Å². The van der Waals surface area contributed by atoms with E-state index in [2.05, 4.69) is 35.3 Å². The van der Waals surface area contributed by atoms with E-state index in [1.165, 1.54) is 30.4 Å². The summed E-state index contributed by atoms with van der Waals surface area (Å²) in [6.07, 6.45) is 4.43. The van der Waals surface area contributed by atoms with Crippen LogP contribution in [-0.2, 0) is 17.9 Å². The average molecular weight is 355 g/mol. The van der Waals surface area contributed by atoms with Gasteiger partial charge in [0, 0.05) is 19.1 Å². The molecule has 0 spiro atoms. The minimum atomic E-state index is -0.854. The Bertz CT molecular complexity index is 576. The van der Waals surface area contributed by atoms with Crippen LogP contribution in [0.15, 0.2) is 24.3 Å². The maximum Gasteiger partial charge on any atom is 0.226 e. The Morgan fingerprint density at radius 1 is 1.30 bits per heavy atom. The Labute approximate surface area is 148 Å². The van der Waals surface area contributed by atoms with Crippen molar-refractivity contribution in [2.45, 2.75) is 56.1 Å². The lowest BCUT2D eigenvalue weighted by atomic mass is 10.0. The van der Waals surface area contributed by atoms with Crippen molar-refractivity contribution in [2.75, 3.05) is 6.54 Å². The second-order valence-corrected chi connectivity index (χ2v) is 8.36. The Morgan fingerprint density at radius 2 is 2.00 bits per heavy atom. The third-order valence-corrected chi connectivity index (χ3v) is 5.86. The van der Waals surface area contributed by atoms with E-state index >= 15 is 0 Å². The molecule has 1 N–H and O–H groups in total. The zero-order valence-electron chi connectivity index (χ0n) is 13.5. The van der Waals surface area contributed by atoms with Crippen LogP contribution in [0.4, 0.5) is 0 Å². The van der Waals surface area contributed by atoms with Crippen LogP contribution in [-0.4, -0.2) is 27.7 Å². The number of amides is 1. The quantitative estimate of drug-likeness (QED) is 0.814. The SMILES string of the molecule is CC1CCCCN1Cc1ccccc1CNC(=O)C1CC1(Cl)Cl. The molecular weight excluding hydrogens is 331 g/mol. The van der Waals surface area contributed by atoms with Crippen LogP contribution < -0.4 is 5.32 Å². The normalized spacial score (nSPS) is 26.7. The summed E-state index contributed by atoms with van der Waals surface area (Å²) in [5, 5.41) is 2.98. The Balaban J connectivity index is 1.60. The van der Waals surface area contributed by atoms with E-state index in [1.807, 2.05) is 6.07 Å². The summed E-state index contributed by atoms with van der Waals surface area (Å²) in [4.78, 5) is 14.6. The van der Waals surface area contributed by atoms with Gasteiger partial charge in [0.2, 0.25) is 5.91 Å². The minimum Gasteiger partial charge on any atom is -0.352 e. The number of carbonyl (C=O) groups excluding carboxylic acids is 1. The Morgan fingerprint density at radius 3 is 2.65 bits per heavy atom. The van der Waals surface area contributed by atoms with Gasteiger partial charge in [-0.25, -0.2) is 0 Å². The summed E-state index contributed by atoms with van der Waals surface area (Å²) >= 11 is 11.9. The van der Waals surface area contributed by atoms with Gasteiger partial charge in [-0.3, -0.25) is 9.69 Å². The van der Waals surface area contributed by atoms with Gasteiger partial charge in [0.15, 0.2) is 0 Å². The molecule has 23 heavy (non-hydrogen) atoms. The number of halogens is 2. The molecule has 126 valence electrons. The fraction of sp³-hybridized carbons (Fsp3) is 0.611. The zero-order valence-corrected chi connectivity index (χ0v) is 15.0. The molecule has 2 atom stereocenters. The fourth-order valence-corrected chi connectivity index (χ4v) is 3.81. The summed E-state index contributed by atoms with van der Waals surface area (Å²) in [6.45, 7) is 4.95. The molecule has 2 fully saturated rings. The highest BCUT2D eigenvalue weighted by atomic mass is 35.5. The maximum atomic E-state index is 12.1. The molecular formula is C18H24Cl2N2O. The first-order valence-electron chi connectivity index (χ1n) is 8.44. The summed E-state index contributed by atoms with van der Waals surface area (Å²) in [7, 11) is 0. The molecule has 5 heteroatoms. The second-order valence-electron chi connectivity index (χ2n) is 6.82. The molecule has 1 saturated heterocycles. The van der Waals surface area contributed by atoms with Crippen LogP contribution >= 0.6 is 23.2 Å². The minimum absolute atomic E-state index is 0.0452. The number of benzene rings is 1. The number of hydrogen-bond acceptors (Lipinski definition) is 2. The average Bonchev–Trinajstić information content (AvgIpc) is 3.17. The van der Waals surface area contributed by atoms with Gasteiger partial charge in [-0.05, 0) is 43.9 Å². The van der Waals surface area contributed by atoms with Crippen LogP contribution in [0, 0.1) is 5.92 Å². The first-order chi connectivity index (χ1) is 11.0. The molecule has 0 radical (unpaired) electrons. The molecule has 2 aliphatic rings. The van der Waals surface area contributed by atoms with Gasteiger partial charge in [0.05, 0.1) is 5.92 Å². The van der Waals surface area contributed by atoms with Crippen molar-refractivity contribution in [3.63, 3.8) is 0 Å². The zero-order chi connectivity index (χ0) is 16.4. The molecule has 1 aromatic rings. The summed E-state index contributed by atoms with van der Waals surface area (Å²) in [6, 6.07) is 8.97. The largest absolute Gasteiger partial charge is 0.352 e. The number of alkyl halides is 2. The summed E-state index contributed by atoms with van der Waals surface area (Å²) in [5.41, 5.74) is 2.47. The first kappa shape index (κ1) is 17.1. The van der Waals surface area contributed by atoms with E-state index in [0.717, 1.165) is 13.1 Å². The van der Waals surface area contributed by atoms with Gasteiger partial charge in [-0.2, -0.15) is 0 Å². The fourth-order valence-electron chi connectivity index (χ4n) is 3.30. The predicted octanol–water partition coefficient (Wildman–Crippen LogP) is 3.87. The first-order valence-corrected chi connectivity index (χ1v) is 9.19. The van der Waals surface area contributed by atoms with Gasteiger partial charge in [-0.15, -0.1) is 23.2 Å². The molecule has 0 aromatic heterocycles. The van der Waals surface area contributed by atoms with Gasteiger partial charge in [-0.1, -0.05) is 30.7 Å². The Kier molecular flexibility index (Phi) is 5.19. The molecule has 1 amide bonds. The highest BCUT2D eigenvalue weighted by Gasteiger charge is 2.56. The number of likely N-dealkylation sites (tertiary alicyclic amines) is 1. The molecule has 1 heterocycles. The number of carbonyl (C=O) groups is 1. The van der Waals surface area contributed by atoms with E-state index in [4.69, 9.17) is 23.2 Å². The third-order valence-electron chi connectivity index (χ3n) is 5.03. The number of rotatable bonds is 5. The van der Waals surface area contributed by atoms with Crippen molar-refractivity contribution in [1.82, 2.24) is 10.2 Å². The lowest BCUT2D eigenvalue weighted by Gasteiger charge is -2.33. The molecule has 1 aromatic carbocycles. The van der Waals surface area contributed by atoms with E-state index < -0.39 is 4.33 Å². The van der Waals surface area contributed by atoms with E-state index in [0.29, 0.717) is 19.0 Å². The molecule has 3 nitrogen and oxygen atoms in total. The second kappa shape index (κ2) is 7.00. The lowest BCUT2D eigenvalue weighted by molar-refractivity contribution is -0.122. The van der Waals surface area contributed by atoms with Gasteiger partial charge < -0.3 is 5.32 Å². The molecule has 1 aliphatic heterocycles. The van der Waals surface area contributed by atoms with Crippen LogP contribution in [0.25, 0.3) is 0 Å². The summed E-state index contributed by atoms with van der Waals surface area (Å²) in [5.74, 6) is -0.309. The van der Waals surface area contributed by atoms with Gasteiger partial charge >= 0.3 is 0 Å². The van der Waals surface area contributed by atoms with E-state index in [1.54, 1.807) is 0 Å². The lowest BCUT2D eigenvalue weighted by Crippen LogP contribution is -2.37. The predicted molar refractivity (Wildman–Crippen MR) is 94.6 cm³/mol. The summed E-state index contributed by atoms with van der Waals surface area (Å²) < 4.78 is -0.854. The van der Waals surface area contributed by atoms with Crippen LogP contribution in [0.1, 0.15) is 43.7 Å². The molecule has 1 aliphatic carbocycles. The smallest absolute Gasteiger partial charge is 0.226 e. The third kappa shape index (κ3) is 4.20. The Hall–Kier alpha value is -0.770. The van der Waals surface area contributed by atoms with Gasteiger partial charge in [0.25, 0.3) is 0 Å². The van der Waals surface area contributed by atoms with Crippen LogP contribution in [0.2, 0.25) is 0 Å². The molecule has 2 unspecified atom stereocenters. The van der Waals surface area contributed by atoms with Crippen molar-refractivity contribution in [3.8, 4) is 0 Å². The monoisotopic (exact) mass is 354 g/mol. The standard InChI is InChI=1S/C18H24Cl2N2O/c1-13-6-4-5-9-22(13)12-15-8-3-2-7-14(15)11-21-17(23)16-10-18(16,19)20/h2-3,7-8,13,16H,4-6,9-12H2,1H3,(H,21,23). The highest BCUT2D eigenvalue weighted by Crippen LogP contribution is 2.53.